The number of anilines is 1. The van der Waals surface area contributed by atoms with E-state index in [1.54, 1.807) is 28.3 Å². The van der Waals surface area contributed by atoms with Gasteiger partial charge in [-0.15, -0.1) is 23.7 Å². The molecule has 0 bridgehead atoms. The number of nitrogens with zero attached hydrogens (tertiary/aromatic N) is 4. The van der Waals surface area contributed by atoms with Crippen LogP contribution in [0.1, 0.15) is 10.4 Å². The van der Waals surface area contributed by atoms with Crippen LogP contribution in [0.3, 0.4) is 0 Å². The van der Waals surface area contributed by atoms with Crippen molar-refractivity contribution in [3.8, 4) is 5.13 Å². The second-order valence-electron chi connectivity index (χ2n) is 5.50. The smallest absolute Gasteiger partial charge is 0.341 e. The van der Waals surface area contributed by atoms with E-state index < -0.39 is 11.4 Å². The van der Waals surface area contributed by atoms with Crippen LogP contribution in [0.25, 0.3) is 16.2 Å². The second kappa shape index (κ2) is 7.40. The molecule has 0 radical (unpaired) electrons. The number of ether oxygens (including phenoxy) is 1. The lowest BCUT2D eigenvalue weighted by Gasteiger charge is -2.28. The molecule has 136 valence electrons. The Labute approximate surface area is 158 Å². The molecular formula is C16H15ClN4O4S. The first kappa shape index (κ1) is 18.3. The quantitative estimate of drug-likeness (QED) is 0.723. The monoisotopic (exact) mass is 394 g/mol. The number of rotatable bonds is 3. The van der Waals surface area contributed by atoms with Crippen LogP contribution in [0, 0.1) is 0 Å². The normalized spacial score (nSPS) is 14.2. The van der Waals surface area contributed by atoms with Crippen LogP contribution in [0.2, 0.25) is 0 Å². The number of pyridine rings is 2. The molecule has 0 unspecified atom stereocenters. The maximum Gasteiger partial charge on any atom is 0.341 e. The van der Waals surface area contributed by atoms with Crippen LogP contribution in [0.4, 0.5) is 5.82 Å². The summed E-state index contributed by atoms with van der Waals surface area (Å²) in [6, 6.07) is 3.37. The number of thiazole rings is 1. The molecule has 0 atom stereocenters. The Kier molecular flexibility index (Phi) is 5.21. The van der Waals surface area contributed by atoms with Gasteiger partial charge < -0.3 is 14.7 Å². The number of carboxylic acid groups (broad SMARTS) is 1. The van der Waals surface area contributed by atoms with Gasteiger partial charge in [0.05, 0.1) is 18.6 Å². The van der Waals surface area contributed by atoms with Gasteiger partial charge in [0.1, 0.15) is 11.4 Å². The predicted molar refractivity (Wildman–Crippen MR) is 100 cm³/mol. The fraction of sp³-hybridized carbons (Fsp3) is 0.250. The van der Waals surface area contributed by atoms with Gasteiger partial charge in [0, 0.05) is 30.9 Å². The van der Waals surface area contributed by atoms with E-state index in [-0.39, 0.29) is 23.4 Å². The van der Waals surface area contributed by atoms with Crippen molar-refractivity contribution in [1.82, 2.24) is 14.5 Å². The topological polar surface area (TPSA) is 97.5 Å². The van der Waals surface area contributed by atoms with E-state index in [0.29, 0.717) is 37.1 Å². The number of carboxylic acids is 1. The molecule has 0 spiro atoms. The van der Waals surface area contributed by atoms with E-state index >= 15 is 0 Å². The molecule has 1 saturated heterocycles. The average molecular weight is 395 g/mol. The van der Waals surface area contributed by atoms with Gasteiger partial charge in [0.2, 0.25) is 5.43 Å². The Morgan fingerprint density at radius 2 is 2.04 bits per heavy atom. The molecule has 1 aliphatic heterocycles. The zero-order valence-corrected chi connectivity index (χ0v) is 15.1. The third-order valence-electron chi connectivity index (χ3n) is 4.03. The van der Waals surface area contributed by atoms with E-state index in [4.69, 9.17) is 4.74 Å². The second-order valence-corrected chi connectivity index (χ2v) is 6.37. The van der Waals surface area contributed by atoms with Crippen LogP contribution in [0.5, 0.6) is 0 Å². The van der Waals surface area contributed by atoms with Crippen molar-refractivity contribution in [2.75, 3.05) is 31.2 Å². The van der Waals surface area contributed by atoms with Crippen molar-refractivity contribution < 1.29 is 14.6 Å². The summed E-state index contributed by atoms with van der Waals surface area (Å²) in [5.41, 5.74) is -0.450. The molecule has 26 heavy (non-hydrogen) atoms. The summed E-state index contributed by atoms with van der Waals surface area (Å²) in [5.74, 6) is -0.543. The number of aromatic carboxylic acids is 1. The number of aromatic nitrogens is 3. The molecule has 8 nitrogen and oxygen atoms in total. The Hall–Kier alpha value is -2.49. The Balaban J connectivity index is 0.00000196. The van der Waals surface area contributed by atoms with Gasteiger partial charge in [-0.2, -0.15) is 0 Å². The first-order valence-electron chi connectivity index (χ1n) is 7.67. The van der Waals surface area contributed by atoms with E-state index in [0.717, 1.165) is 5.82 Å². The van der Waals surface area contributed by atoms with Gasteiger partial charge in [-0.3, -0.25) is 9.36 Å². The highest BCUT2D eigenvalue weighted by Crippen LogP contribution is 2.22. The fourth-order valence-corrected chi connectivity index (χ4v) is 3.41. The minimum Gasteiger partial charge on any atom is -0.477 e. The third kappa shape index (κ3) is 3.16. The minimum atomic E-state index is -1.27. The summed E-state index contributed by atoms with van der Waals surface area (Å²) in [7, 11) is 0. The number of halogens is 1. The Morgan fingerprint density at radius 1 is 1.27 bits per heavy atom. The van der Waals surface area contributed by atoms with E-state index in [1.807, 2.05) is 0 Å². The lowest BCUT2D eigenvalue weighted by molar-refractivity contribution is 0.0695. The lowest BCUT2D eigenvalue weighted by atomic mass is 10.2. The van der Waals surface area contributed by atoms with Crippen LogP contribution in [0.15, 0.2) is 34.7 Å². The minimum absolute atomic E-state index is 0. The number of carbonyl (C=O) groups is 1. The summed E-state index contributed by atoms with van der Waals surface area (Å²) in [5, 5.41) is 11.9. The van der Waals surface area contributed by atoms with Crippen molar-refractivity contribution in [1.29, 1.82) is 0 Å². The van der Waals surface area contributed by atoms with Crippen molar-refractivity contribution in [3.05, 3.63) is 45.7 Å². The zero-order chi connectivity index (χ0) is 17.4. The molecule has 1 aliphatic rings. The summed E-state index contributed by atoms with van der Waals surface area (Å²) in [6.45, 7) is 2.67. The first-order valence-corrected chi connectivity index (χ1v) is 8.55. The van der Waals surface area contributed by atoms with Crippen LogP contribution < -0.4 is 10.3 Å². The molecule has 3 aromatic rings. The molecule has 0 saturated carbocycles. The van der Waals surface area contributed by atoms with Crippen LogP contribution in [-0.2, 0) is 4.74 Å². The van der Waals surface area contributed by atoms with Crippen molar-refractivity contribution in [2.45, 2.75) is 0 Å². The number of hydrogen-bond acceptors (Lipinski definition) is 7. The molecule has 0 aromatic carbocycles. The van der Waals surface area contributed by atoms with Crippen LogP contribution in [-0.4, -0.2) is 51.9 Å². The third-order valence-corrected chi connectivity index (χ3v) is 4.80. The van der Waals surface area contributed by atoms with Gasteiger partial charge in [0.15, 0.2) is 10.8 Å². The lowest BCUT2D eigenvalue weighted by Crippen LogP contribution is -2.36. The maximum atomic E-state index is 12.5. The molecule has 1 fully saturated rings. The van der Waals surface area contributed by atoms with Crippen molar-refractivity contribution in [3.63, 3.8) is 0 Å². The molecule has 0 amide bonds. The van der Waals surface area contributed by atoms with Crippen molar-refractivity contribution in [2.24, 2.45) is 0 Å². The fourth-order valence-electron chi connectivity index (χ4n) is 2.79. The van der Waals surface area contributed by atoms with Crippen LogP contribution >= 0.6 is 23.7 Å². The Bertz CT molecular complexity index is 999. The SMILES string of the molecule is Cl.O=C(O)c1cn(-c2nccs2)c2nc(N3CCOCC3)ccc2c1=O. The molecule has 4 heterocycles. The number of fused-ring (bicyclic) bond motifs is 1. The first-order chi connectivity index (χ1) is 12.1. The largest absolute Gasteiger partial charge is 0.477 e. The average Bonchev–Trinajstić information content (AvgIpc) is 3.16. The van der Waals surface area contributed by atoms with Gasteiger partial charge in [0.25, 0.3) is 0 Å². The summed E-state index contributed by atoms with van der Waals surface area (Å²) >= 11 is 1.34. The van der Waals surface area contributed by atoms with Gasteiger partial charge in [-0.05, 0) is 12.1 Å². The van der Waals surface area contributed by atoms with Gasteiger partial charge in [-0.25, -0.2) is 14.8 Å². The molecule has 1 N–H and O–H groups in total. The standard InChI is InChI=1S/C16H14N4O4S.ClH/c21-13-10-1-2-12(19-4-6-24-7-5-19)18-14(10)20(9-11(13)15(22)23)16-17-3-8-25-16;/h1-3,8-9H,4-7H2,(H,22,23);1H. The molecule has 3 aromatic heterocycles. The zero-order valence-electron chi connectivity index (χ0n) is 13.5. The highest BCUT2D eigenvalue weighted by molar-refractivity contribution is 7.12. The van der Waals surface area contributed by atoms with Gasteiger partial charge in [-0.1, -0.05) is 0 Å². The molecular weight excluding hydrogens is 380 g/mol. The molecule has 10 heteroatoms. The number of morpholine rings is 1. The summed E-state index contributed by atoms with van der Waals surface area (Å²) < 4.78 is 6.92. The summed E-state index contributed by atoms with van der Waals surface area (Å²) in [4.78, 5) is 34.8. The predicted octanol–water partition coefficient (Wildman–Crippen LogP) is 1.80. The van der Waals surface area contributed by atoms with E-state index in [9.17, 15) is 14.7 Å². The molecule has 4 rings (SSSR count). The maximum absolute atomic E-state index is 12.5. The highest BCUT2D eigenvalue weighted by Gasteiger charge is 2.19. The van der Waals surface area contributed by atoms with Gasteiger partial charge >= 0.3 is 5.97 Å². The molecule has 0 aliphatic carbocycles. The summed E-state index contributed by atoms with van der Waals surface area (Å²) in [6.07, 6.45) is 2.91. The Morgan fingerprint density at radius 3 is 2.69 bits per heavy atom. The highest BCUT2D eigenvalue weighted by atomic mass is 35.5. The van der Waals surface area contributed by atoms with E-state index in [1.165, 1.54) is 17.5 Å². The number of hydrogen-bond donors (Lipinski definition) is 1. The van der Waals surface area contributed by atoms with Crippen molar-refractivity contribution >= 4 is 46.6 Å². The van der Waals surface area contributed by atoms with E-state index in [2.05, 4.69) is 14.9 Å².